The van der Waals surface area contributed by atoms with E-state index in [-0.39, 0.29) is 12.0 Å². The number of aromatic nitrogens is 3. The van der Waals surface area contributed by atoms with Gasteiger partial charge in [-0.2, -0.15) is 0 Å². The molecule has 0 aliphatic carbocycles. The fourth-order valence-electron chi connectivity index (χ4n) is 3.43. The fourth-order valence-corrected chi connectivity index (χ4v) is 3.43. The van der Waals surface area contributed by atoms with E-state index in [2.05, 4.69) is 32.1 Å². The number of hydrogen-bond donors (Lipinski definition) is 1. The quantitative estimate of drug-likeness (QED) is 0.744. The van der Waals surface area contributed by atoms with Gasteiger partial charge in [0, 0.05) is 32.3 Å². The van der Waals surface area contributed by atoms with Crippen LogP contribution in [0, 0.1) is 0 Å². The first-order valence-corrected chi connectivity index (χ1v) is 9.44. The Morgan fingerprint density at radius 1 is 1.29 bits per heavy atom. The number of aliphatic imine (C=N–C) groups is 1. The summed E-state index contributed by atoms with van der Waals surface area (Å²) in [5.74, 6) is 0.812. The first-order chi connectivity index (χ1) is 13.7. The van der Waals surface area contributed by atoms with E-state index in [1.165, 1.54) is 10.8 Å². The predicted octanol–water partition coefficient (Wildman–Crippen LogP) is 2.74. The van der Waals surface area contributed by atoms with Crippen molar-refractivity contribution in [3.63, 3.8) is 0 Å². The molecule has 1 atom stereocenters. The summed E-state index contributed by atoms with van der Waals surface area (Å²) in [5.41, 5.74) is 2.13. The fraction of sp³-hybridized carbons (Fsp3) is 0.333. The highest BCUT2D eigenvalue weighted by atomic mass is 16.5. The lowest BCUT2D eigenvalue weighted by Crippen LogP contribution is -2.38. The molecule has 2 aliphatic heterocycles. The summed E-state index contributed by atoms with van der Waals surface area (Å²) in [4.78, 5) is 29.5. The molecule has 0 bridgehead atoms. The number of nitrogens with zero attached hydrogens (tertiary/aromatic N) is 4. The van der Waals surface area contributed by atoms with Crippen LogP contribution in [0.2, 0.25) is 0 Å². The Kier molecular flexibility index (Phi) is 5.32. The van der Waals surface area contributed by atoms with Gasteiger partial charge >= 0.3 is 0 Å². The van der Waals surface area contributed by atoms with Crippen LogP contribution in [-0.4, -0.2) is 50.9 Å². The Bertz CT molecular complexity index is 932. The Morgan fingerprint density at radius 2 is 2.14 bits per heavy atom. The maximum atomic E-state index is 12.2. The van der Waals surface area contributed by atoms with Crippen LogP contribution >= 0.6 is 0 Å². The molecular weight excluding hydrogens is 354 g/mol. The molecule has 0 saturated heterocycles. The number of pyridine rings is 1. The van der Waals surface area contributed by atoms with Gasteiger partial charge in [0.2, 0.25) is 5.91 Å². The van der Waals surface area contributed by atoms with Gasteiger partial charge < -0.3 is 14.6 Å². The molecule has 0 radical (unpaired) electrons. The van der Waals surface area contributed by atoms with E-state index in [4.69, 9.17) is 4.74 Å². The molecule has 4 heterocycles. The number of fused-ring (bicyclic) bond motifs is 2. The van der Waals surface area contributed by atoms with Crippen molar-refractivity contribution in [2.24, 2.45) is 4.99 Å². The molecule has 144 valence electrons. The second-order valence-corrected chi connectivity index (χ2v) is 6.92. The molecule has 1 N–H and O–H groups in total. The van der Waals surface area contributed by atoms with Gasteiger partial charge in [-0.3, -0.25) is 14.8 Å². The highest BCUT2D eigenvalue weighted by molar-refractivity contribution is 5.81. The number of ether oxygens (including phenoxy) is 1. The summed E-state index contributed by atoms with van der Waals surface area (Å²) in [6, 6.07) is 10.2. The first-order valence-electron chi connectivity index (χ1n) is 9.44. The lowest BCUT2D eigenvalue weighted by Gasteiger charge is -2.27. The summed E-state index contributed by atoms with van der Waals surface area (Å²) in [7, 11) is 0. The molecule has 5 rings (SSSR count). The average molecular weight is 377 g/mol. The summed E-state index contributed by atoms with van der Waals surface area (Å²) < 4.78 is 5.46. The van der Waals surface area contributed by atoms with E-state index in [1.807, 2.05) is 42.4 Å². The van der Waals surface area contributed by atoms with Gasteiger partial charge in [-0.1, -0.05) is 24.3 Å². The molecule has 1 unspecified atom stereocenters. The topological polar surface area (TPSA) is 83.5 Å². The van der Waals surface area contributed by atoms with Crippen molar-refractivity contribution in [1.29, 1.82) is 0 Å². The van der Waals surface area contributed by atoms with Gasteiger partial charge in [0.05, 0.1) is 37.2 Å². The molecular formula is C21H23N5O2. The van der Waals surface area contributed by atoms with Gasteiger partial charge in [0.15, 0.2) is 5.90 Å². The monoisotopic (exact) mass is 377 g/mol. The highest BCUT2D eigenvalue weighted by Gasteiger charge is 2.26. The molecule has 0 fully saturated rings. The maximum absolute atomic E-state index is 12.2. The van der Waals surface area contributed by atoms with E-state index < -0.39 is 0 Å². The molecule has 1 amide bonds. The molecule has 3 aromatic rings. The smallest absolute Gasteiger partial charge is 0.226 e. The van der Waals surface area contributed by atoms with Crippen molar-refractivity contribution in [2.45, 2.75) is 32.4 Å². The Labute approximate surface area is 163 Å². The van der Waals surface area contributed by atoms with Gasteiger partial charge in [0.1, 0.15) is 6.10 Å². The number of benzene rings is 1. The number of amides is 1. The molecule has 0 spiro atoms. The van der Waals surface area contributed by atoms with Crippen LogP contribution in [-0.2, 0) is 22.5 Å². The summed E-state index contributed by atoms with van der Waals surface area (Å²) in [6.07, 6.45) is 6.52. The molecule has 0 saturated carbocycles. The zero-order chi connectivity index (χ0) is 19.3. The summed E-state index contributed by atoms with van der Waals surface area (Å²) in [5, 5.41) is 2.45. The third-order valence-electron chi connectivity index (χ3n) is 4.93. The largest absolute Gasteiger partial charge is 0.475 e. The number of aromatic amines is 1. The molecule has 1 aromatic carbocycles. The highest BCUT2D eigenvalue weighted by Crippen LogP contribution is 2.17. The standard InChI is InChI=1S/C12H16N4O2.C9H7N/c1-8-13-5-9(18-8)4-12(17)16-3-2-10-11(6-16)15-7-14-10;1-2-4-9-7-10-6-5-8(9)3-1/h7,9H,2-6H2,1H3,(H,14,15);1-7H. The van der Waals surface area contributed by atoms with E-state index in [9.17, 15) is 4.79 Å². The Morgan fingerprint density at radius 3 is 2.93 bits per heavy atom. The zero-order valence-corrected chi connectivity index (χ0v) is 15.8. The summed E-state index contributed by atoms with van der Waals surface area (Å²) >= 11 is 0. The minimum atomic E-state index is -0.0827. The van der Waals surface area contributed by atoms with Crippen molar-refractivity contribution >= 4 is 22.6 Å². The predicted molar refractivity (Wildman–Crippen MR) is 107 cm³/mol. The van der Waals surface area contributed by atoms with E-state index in [0.717, 1.165) is 24.4 Å². The lowest BCUT2D eigenvalue weighted by atomic mass is 10.1. The van der Waals surface area contributed by atoms with Crippen LogP contribution in [0.15, 0.2) is 54.0 Å². The first kappa shape index (κ1) is 18.2. The molecule has 2 aliphatic rings. The van der Waals surface area contributed by atoms with Crippen molar-refractivity contribution < 1.29 is 9.53 Å². The third kappa shape index (κ3) is 4.19. The molecule has 2 aromatic heterocycles. The van der Waals surface area contributed by atoms with Gasteiger partial charge in [-0.15, -0.1) is 0 Å². The second kappa shape index (κ2) is 8.21. The normalized spacial score (nSPS) is 18.0. The number of nitrogens with one attached hydrogen (secondary N) is 1. The van der Waals surface area contributed by atoms with Crippen molar-refractivity contribution in [2.75, 3.05) is 13.1 Å². The van der Waals surface area contributed by atoms with Crippen LogP contribution < -0.4 is 0 Å². The van der Waals surface area contributed by atoms with Crippen molar-refractivity contribution in [3.05, 3.63) is 60.4 Å². The average Bonchev–Trinajstić information content (AvgIpc) is 3.36. The molecule has 28 heavy (non-hydrogen) atoms. The summed E-state index contributed by atoms with van der Waals surface area (Å²) in [6.45, 7) is 3.78. The number of carbonyl (C=O) groups is 1. The van der Waals surface area contributed by atoms with Gasteiger partial charge in [-0.05, 0) is 16.8 Å². The van der Waals surface area contributed by atoms with Gasteiger partial charge in [0.25, 0.3) is 0 Å². The second-order valence-electron chi connectivity index (χ2n) is 6.92. The number of rotatable bonds is 2. The van der Waals surface area contributed by atoms with E-state index in [0.29, 0.717) is 25.4 Å². The van der Waals surface area contributed by atoms with Crippen molar-refractivity contribution in [1.82, 2.24) is 19.9 Å². The van der Waals surface area contributed by atoms with Gasteiger partial charge in [-0.25, -0.2) is 4.98 Å². The van der Waals surface area contributed by atoms with Crippen LogP contribution in [0.1, 0.15) is 24.7 Å². The maximum Gasteiger partial charge on any atom is 0.226 e. The van der Waals surface area contributed by atoms with Crippen molar-refractivity contribution in [3.8, 4) is 0 Å². The minimum Gasteiger partial charge on any atom is -0.475 e. The number of carbonyl (C=O) groups excluding carboxylic acids is 1. The molecule has 7 nitrogen and oxygen atoms in total. The van der Waals surface area contributed by atoms with E-state index >= 15 is 0 Å². The van der Waals surface area contributed by atoms with Crippen LogP contribution in [0.25, 0.3) is 10.8 Å². The van der Waals surface area contributed by atoms with E-state index in [1.54, 1.807) is 6.33 Å². The minimum absolute atomic E-state index is 0.0827. The third-order valence-corrected chi connectivity index (χ3v) is 4.93. The number of imidazole rings is 1. The zero-order valence-electron chi connectivity index (χ0n) is 15.8. The van der Waals surface area contributed by atoms with Crippen LogP contribution in [0.5, 0.6) is 0 Å². The Hall–Kier alpha value is -3.22. The molecule has 7 heteroatoms. The lowest BCUT2D eigenvalue weighted by molar-refractivity contribution is -0.133. The van der Waals surface area contributed by atoms with Crippen LogP contribution in [0.4, 0.5) is 0 Å². The number of hydrogen-bond acceptors (Lipinski definition) is 5. The Balaban J connectivity index is 0.000000162. The SMILES string of the molecule is CC1=NCC(CC(=O)N2CCc3nc[nH]c3C2)O1.c1ccc2cnccc2c1. The number of H-pyrrole nitrogens is 1. The van der Waals surface area contributed by atoms with Crippen LogP contribution in [0.3, 0.4) is 0 Å².